The predicted octanol–water partition coefficient (Wildman–Crippen LogP) is 3.22. The van der Waals surface area contributed by atoms with E-state index in [9.17, 15) is 14.5 Å². The fourth-order valence-electron chi connectivity index (χ4n) is 1.75. The van der Waals surface area contributed by atoms with Crippen LogP contribution in [0.2, 0.25) is 0 Å². The van der Waals surface area contributed by atoms with Gasteiger partial charge in [0.05, 0.1) is 16.6 Å². The highest BCUT2D eigenvalue weighted by Crippen LogP contribution is 2.21. The average Bonchev–Trinajstić information content (AvgIpc) is 2.45. The molecule has 2 rings (SSSR count). The maximum atomic E-state index is 13.4. The summed E-state index contributed by atoms with van der Waals surface area (Å²) < 4.78 is 13.4. The number of hydrogen-bond acceptors (Lipinski definition) is 4. The van der Waals surface area contributed by atoms with E-state index >= 15 is 0 Å². The van der Waals surface area contributed by atoms with Crippen LogP contribution in [-0.2, 0) is 6.54 Å². The van der Waals surface area contributed by atoms with Crippen molar-refractivity contribution in [2.75, 3.05) is 5.32 Å². The van der Waals surface area contributed by atoms with Gasteiger partial charge in [-0.3, -0.25) is 10.1 Å². The molecule has 0 saturated heterocycles. The highest BCUT2D eigenvalue weighted by Gasteiger charge is 2.13. The molecule has 20 heavy (non-hydrogen) atoms. The van der Waals surface area contributed by atoms with Crippen LogP contribution in [0.25, 0.3) is 0 Å². The zero-order valence-corrected chi connectivity index (χ0v) is 10.3. The van der Waals surface area contributed by atoms with Gasteiger partial charge < -0.3 is 5.32 Å². The van der Waals surface area contributed by atoms with Gasteiger partial charge in [-0.25, -0.2) is 0 Å². The number of anilines is 1. The molecule has 0 saturated carbocycles. The van der Waals surface area contributed by atoms with Crippen molar-refractivity contribution in [1.29, 1.82) is 5.26 Å². The number of nitro groups is 1. The Morgan fingerprint density at radius 2 is 2.05 bits per heavy atom. The summed E-state index contributed by atoms with van der Waals surface area (Å²) in [6, 6.07) is 12.7. The molecule has 0 heterocycles. The van der Waals surface area contributed by atoms with E-state index in [1.807, 2.05) is 0 Å². The summed E-state index contributed by atoms with van der Waals surface area (Å²) in [6.07, 6.45) is 0. The Hall–Kier alpha value is -2.94. The number of nitro benzene ring substituents is 1. The van der Waals surface area contributed by atoms with Crippen molar-refractivity contribution in [2.45, 2.75) is 6.54 Å². The van der Waals surface area contributed by atoms with Crippen LogP contribution in [0.4, 0.5) is 15.8 Å². The molecule has 0 amide bonds. The maximum absolute atomic E-state index is 13.4. The predicted molar refractivity (Wildman–Crippen MR) is 71.5 cm³/mol. The van der Waals surface area contributed by atoms with Crippen LogP contribution in [0.3, 0.4) is 0 Å². The van der Waals surface area contributed by atoms with Gasteiger partial charge in [-0.1, -0.05) is 18.2 Å². The van der Waals surface area contributed by atoms with Crippen LogP contribution in [-0.4, -0.2) is 4.92 Å². The van der Waals surface area contributed by atoms with E-state index in [1.165, 1.54) is 6.07 Å². The molecule has 0 bridgehead atoms. The molecule has 100 valence electrons. The lowest BCUT2D eigenvalue weighted by Gasteiger charge is -2.08. The SMILES string of the molecule is N#Cc1ccccc1CNc1ccc([N+](=O)[O-])c(F)c1. The Labute approximate surface area is 114 Å². The van der Waals surface area contributed by atoms with Gasteiger partial charge in [-0.15, -0.1) is 0 Å². The molecule has 0 aliphatic rings. The zero-order chi connectivity index (χ0) is 14.5. The van der Waals surface area contributed by atoms with E-state index in [4.69, 9.17) is 5.26 Å². The molecule has 0 aromatic heterocycles. The first-order valence-electron chi connectivity index (χ1n) is 5.77. The van der Waals surface area contributed by atoms with Crippen LogP contribution in [0.15, 0.2) is 42.5 Å². The van der Waals surface area contributed by atoms with E-state index in [-0.39, 0.29) is 0 Å². The Bertz CT molecular complexity index is 695. The Kier molecular flexibility index (Phi) is 3.91. The number of nitriles is 1. The van der Waals surface area contributed by atoms with Crippen LogP contribution >= 0.6 is 0 Å². The quantitative estimate of drug-likeness (QED) is 0.684. The van der Waals surface area contributed by atoms with Crippen LogP contribution in [0.1, 0.15) is 11.1 Å². The molecule has 6 heteroatoms. The summed E-state index contributed by atoms with van der Waals surface area (Å²) in [5.74, 6) is -0.895. The molecule has 0 atom stereocenters. The molecular formula is C14H10FN3O2. The Morgan fingerprint density at radius 1 is 1.30 bits per heavy atom. The third kappa shape index (κ3) is 2.90. The lowest BCUT2D eigenvalue weighted by atomic mass is 10.1. The second kappa shape index (κ2) is 5.80. The molecular weight excluding hydrogens is 261 g/mol. The Balaban J connectivity index is 2.14. The minimum Gasteiger partial charge on any atom is -0.381 e. The molecule has 0 aliphatic carbocycles. The molecule has 0 fully saturated rings. The van der Waals surface area contributed by atoms with Gasteiger partial charge in [0.15, 0.2) is 0 Å². The monoisotopic (exact) mass is 271 g/mol. The first-order valence-corrected chi connectivity index (χ1v) is 5.77. The smallest absolute Gasteiger partial charge is 0.304 e. The fraction of sp³-hybridized carbons (Fsp3) is 0.0714. The van der Waals surface area contributed by atoms with Crippen molar-refractivity contribution in [3.8, 4) is 6.07 Å². The maximum Gasteiger partial charge on any atom is 0.304 e. The summed E-state index contributed by atoms with van der Waals surface area (Å²) >= 11 is 0. The van der Waals surface area contributed by atoms with E-state index in [2.05, 4.69) is 11.4 Å². The second-order valence-electron chi connectivity index (χ2n) is 4.05. The number of halogens is 1. The van der Waals surface area contributed by atoms with Crippen molar-refractivity contribution >= 4 is 11.4 Å². The Morgan fingerprint density at radius 3 is 2.70 bits per heavy atom. The minimum atomic E-state index is -0.895. The summed E-state index contributed by atoms with van der Waals surface area (Å²) in [5, 5.41) is 22.4. The third-order valence-electron chi connectivity index (χ3n) is 2.77. The summed E-state index contributed by atoms with van der Waals surface area (Å²) in [6.45, 7) is 0.334. The minimum absolute atomic E-state index is 0.334. The van der Waals surface area contributed by atoms with Crippen molar-refractivity contribution in [2.24, 2.45) is 0 Å². The van der Waals surface area contributed by atoms with Crippen molar-refractivity contribution in [3.63, 3.8) is 0 Å². The number of nitrogens with zero attached hydrogens (tertiary/aromatic N) is 2. The van der Waals surface area contributed by atoms with E-state index < -0.39 is 16.4 Å². The third-order valence-corrected chi connectivity index (χ3v) is 2.77. The topological polar surface area (TPSA) is 79.0 Å². The summed E-state index contributed by atoms with van der Waals surface area (Å²) in [7, 11) is 0. The lowest BCUT2D eigenvalue weighted by Crippen LogP contribution is -2.02. The number of rotatable bonds is 4. The first-order chi connectivity index (χ1) is 9.61. The van der Waals surface area contributed by atoms with Gasteiger partial charge in [0.25, 0.3) is 0 Å². The molecule has 0 unspecified atom stereocenters. The standard InChI is InChI=1S/C14H10FN3O2/c15-13-7-12(5-6-14(13)18(19)20)17-9-11-4-2-1-3-10(11)8-16/h1-7,17H,9H2. The second-order valence-corrected chi connectivity index (χ2v) is 4.05. The molecule has 5 nitrogen and oxygen atoms in total. The zero-order valence-electron chi connectivity index (χ0n) is 10.3. The van der Waals surface area contributed by atoms with Crippen LogP contribution in [0, 0.1) is 27.3 Å². The van der Waals surface area contributed by atoms with Crippen LogP contribution in [0.5, 0.6) is 0 Å². The van der Waals surface area contributed by atoms with Crippen molar-refractivity contribution in [1.82, 2.24) is 0 Å². The normalized spacial score (nSPS) is 9.80. The van der Waals surface area contributed by atoms with Crippen molar-refractivity contribution < 1.29 is 9.31 Å². The number of benzene rings is 2. The molecule has 1 N–H and O–H groups in total. The molecule has 0 spiro atoms. The van der Waals surface area contributed by atoms with Crippen LogP contribution < -0.4 is 5.32 Å². The van der Waals surface area contributed by atoms with Gasteiger partial charge in [-0.05, 0) is 17.7 Å². The largest absolute Gasteiger partial charge is 0.381 e. The number of nitrogens with one attached hydrogen (secondary N) is 1. The van der Waals surface area contributed by atoms with E-state index in [1.54, 1.807) is 24.3 Å². The highest BCUT2D eigenvalue weighted by atomic mass is 19.1. The fourth-order valence-corrected chi connectivity index (χ4v) is 1.75. The van der Waals surface area contributed by atoms with Gasteiger partial charge in [0, 0.05) is 24.4 Å². The van der Waals surface area contributed by atoms with Gasteiger partial charge in [0.2, 0.25) is 5.82 Å². The van der Waals surface area contributed by atoms with Gasteiger partial charge >= 0.3 is 5.69 Å². The van der Waals surface area contributed by atoms with Gasteiger partial charge in [-0.2, -0.15) is 9.65 Å². The van der Waals surface area contributed by atoms with Gasteiger partial charge in [0.1, 0.15) is 0 Å². The first kappa shape index (κ1) is 13.5. The summed E-state index contributed by atoms with van der Waals surface area (Å²) in [4.78, 5) is 9.73. The molecule has 0 radical (unpaired) electrons. The average molecular weight is 271 g/mol. The molecule has 2 aromatic rings. The highest BCUT2D eigenvalue weighted by molar-refractivity contribution is 5.50. The molecule has 2 aromatic carbocycles. The van der Waals surface area contributed by atoms with E-state index in [0.717, 1.165) is 17.7 Å². The summed E-state index contributed by atoms with van der Waals surface area (Å²) in [5.41, 5.74) is 1.16. The van der Waals surface area contributed by atoms with Crippen molar-refractivity contribution in [3.05, 3.63) is 69.5 Å². The molecule has 0 aliphatic heterocycles. The van der Waals surface area contributed by atoms with E-state index in [0.29, 0.717) is 17.8 Å². The number of hydrogen-bond donors (Lipinski definition) is 1. The lowest BCUT2D eigenvalue weighted by molar-refractivity contribution is -0.387.